The first kappa shape index (κ1) is 33.1. The molecule has 0 aromatic rings. The van der Waals surface area contributed by atoms with Crippen LogP contribution in [0.1, 0.15) is 12.8 Å². The lowest BCUT2D eigenvalue weighted by Gasteiger charge is -2.15. The van der Waals surface area contributed by atoms with Crippen LogP contribution >= 0.6 is 0 Å². The van der Waals surface area contributed by atoms with E-state index in [1.807, 2.05) is 0 Å². The average molecular weight is 532 g/mol. The molecule has 0 spiro atoms. The van der Waals surface area contributed by atoms with E-state index in [0.29, 0.717) is 0 Å². The van der Waals surface area contributed by atoms with Crippen LogP contribution < -0.4 is 16.0 Å². The van der Waals surface area contributed by atoms with Crippen LogP contribution in [0.15, 0.2) is 0 Å². The molecule has 20 nitrogen and oxygen atoms in total. The lowest BCUT2D eigenvalue weighted by Crippen LogP contribution is -2.43. The molecule has 1 atom stereocenters. The largest absolute Gasteiger partial charge is 0.480 e. The number of hydrogen-bond acceptors (Lipinski definition) is 16. The van der Waals surface area contributed by atoms with Gasteiger partial charge >= 0.3 is 18.2 Å². The van der Waals surface area contributed by atoms with Crippen molar-refractivity contribution in [3.8, 4) is 0 Å². The molecule has 0 heterocycles. The highest BCUT2D eigenvalue weighted by molar-refractivity contribution is 5.91. The monoisotopic (exact) mass is 532 g/mol. The highest BCUT2D eigenvalue weighted by atomic mass is 17.1. The van der Waals surface area contributed by atoms with E-state index in [1.165, 1.54) is 0 Å². The molecular formula is C16H32N6O14. The second-order valence-corrected chi connectivity index (χ2v) is 6.27. The molecule has 0 aliphatic carbocycles. The van der Waals surface area contributed by atoms with Gasteiger partial charge in [-0.15, -0.1) is 0 Å². The number of carbonyl (C=O) groups is 3. The SMILES string of the molecule is N=C(NCCCC(NC(=O)OCCOCCON(O)O)C(=O)O)NC(=O)OCCOCCON(O)O. The molecule has 1 unspecified atom stereocenters. The van der Waals surface area contributed by atoms with Crippen molar-refractivity contribution in [3.63, 3.8) is 0 Å². The first-order valence-corrected chi connectivity index (χ1v) is 10.3. The summed E-state index contributed by atoms with van der Waals surface area (Å²) in [4.78, 5) is 43.0. The average Bonchev–Trinajstić information content (AvgIpc) is 2.79. The molecule has 0 fully saturated rings. The smallest absolute Gasteiger partial charge is 0.414 e. The molecule has 0 aliphatic heterocycles. The van der Waals surface area contributed by atoms with Gasteiger partial charge in [-0.3, -0.25) is 31.6 Å². The number of rotatable bonds is 20. The fourth-order valence-electron chi connectivity index (χ4n) is 2.09. The Bertz CT molecular complexity index is 640. The zero-order chi connectivity index (χ0) is 27.2. The number of alkyl carbamates (subject to hydrolysis) is 2. The van der Waals surface area contributed by atoms with E-state index in [-0.39, 0.29) is 72.2 Å². The Morgan fingerprint density at radius 3 is 1.78 bits per heavy atom. The van der Waals surface area contributed by atoms with Gasteiger partial charge in [-0.05, 0) is 12.8 Å². The van der Waals surface area contributed by atoms with Gasteiger partial charge in [0.2, 0.25) is 0 Å². The summed E-state index contributed by atoms with van der Waals surface area (Å²) in [6.07, 6.45) is -1.71. The molecule has 0 aromatic heterocycles. The van der Waals surface area contributed by atoms with Crippen LogP contribution in [0.2, 0.25) is 0 Å². The van der Waals surface area contributed by atoms with Crippen molar-refractivity contribution < 1.29 is 68.9 Å². The number of nitrogens with zero attached hydrogens (tertiary/aromatic N) is 2. The summed E-state index contributed by atoms with van der Waals surface area (Å²) in [5.74, 6) is -1.69. The Kier molecular flexibility index (Phi) is 19.6. The van der Waals surface area contributed by atoms with Gasteiger partial charge in [-0.1, -0.05) is 0 Å². The number of aliphatic carboxylic acids is 1. The summed E-state index contributed by atoms with van der Waals surface area (Å²) in [6, 6.07) is -1.26. The van der Waals surface area contributed by atoms with Crippen molar-refractivity contribution >= 4 is 24.1 Å². The summed E-state index contributed by atoms with van der Waals surface area (Å²) < 4.78 is 19.5. The van der Waals surface area contributed by atoms with E-state index in [2.05, 4.69) is 25.6 Å². The fraction of sp³-hybridized carbons (Fsp3) is 0.750. The summed E-state index contributed by atoms with van der Waals surface area (Å²) in [6.45, 7) is -0.585. The molecule has 20 heteroatoms. The van der Waals surface area contributed by atoms with Crippen molar-refractivity contribution in [1.29, 1.82) is 5.41 Å². The Labute approximate surface area is 204 Å². The van der Waals surface area contributed by atoms with Crippen LogP contribution in [0.5, 0.6) is 0 Å². The Morgan fingerprint density at radius 1 is 0.778 bits per heavy atom. The first-order chi connectivity index (χ1) is 17.1. The minimum absolute atomic E-state index is 0.00346. The van der Waals surface area contributed by atoms with E-state index in [4.69, 9.17) is 45.2 Å². The van der Waals surface area contributed by atoms with Gasteiger partial charge in [-0.25, -0.2) is 24.1 Å². The van der Waals surface area contributed by atoms with Crippen LogP contribution in [-0.4, -0.2) is 126 Å². The number of guanidine groups is 1. The third-order valence-electron chi connectivity index (χ3n) is 3.58. The van der Waals surface area contributed by atoms with E-state index < -0.39 is 40.9 Å². The number of carboxylic acid groups (broad SMARTS) is 1. The molecule has 0 aliphatic rings. The summed E-state index contributed by atoms with van der Waals surface area (Å²) in [5.41, 5.74) is 0. The zero-order valence-corrected chi connectivity index (χ0v) is 19.2. The van der Waals surface area contributed by atoms with Crippen LogP contribution in [0, 0.1) is 5.41 Å². The molecule has 0 rings (SSSR count). The standard InChI is InChI=1S/C16H32N6O14/c17-14(20-16(26)34-9-5-32-7-11-36-22(29)30)18-3-1-2-12(13(23)24)19-15(25)33-8-4-31-6-10-35-21(27)28/h12,27-30H,1-11H2,(H,19,25)(H,23,24)(H3,17,18,20,26). The van der Waals surface area contributed by atoms with Crippen LogP contribution in [0.3, 0.4) is 0 Å². The van der Waals surface area contributed by atoms with Crippen LogP contribution in [0.4, 0.5) is 9.59 Å². The van der Waals surface area contributed by atoms with Crippen molar-refractivity contribution in [2.45, 2.75) is 18.9 Å². The molecular weight excluding hydrogens is 500 g/mol. The van der Waals surface area contributed by atoms with Crippen molar-refractivity contribution in [2.75, 3.05) is 59.4 Å². The maximum absolute atomic E-state index is 11.7. The minimum Gasteiger partial charge on any atom is -0.480 e. The first-order valence-electron chi connectivity index (χ1n) is 10.3. The van der Waals surface area contributed by atoms with E-state index >= 15 is 0 Å². The van der Waals surface area contributed by atoms with E-state index in [9.17, 15) is 19.5 Å². The lowest BCUT2D eigenvalue weighted by molar-refractivity contribution is -0.493. The number of hydrogen-bond donors (Lipinski definition) is 9. The lowest BCUT2D eigenvalue weighted by atomic mass is 10.1. The van der Waals surface area contributed by atoms with E-state index in [0.717, 1.165) is 0 Å². The van der Waals surface area contributed by atoms with Crippen molar-refractivity contribution in [1.82, 2.24) is 26.7 Å². The highest BCUT2D eigenvalue weighted by Crippen LogP contribution is 1.98. The van der Waals surface area contributed by atoms with Gasteiger partial charge in [0.25, 0.3) is 0 Å². The van der Waals surface area contributed by atoms with Gasteiger partial charge in [0.05, 0.1) is 50.4 Å². The van der Waals surface area contributed by atoms with Gasteiger partial charge in [0.15, 0.2) is 5.96 Å². The number of carboxylic acids is 1. The molecule has 210 valence electrons. The topological polar surface area (TPSA) is 274 Å². The molecule has 0 saturated carbocycles. The molecule has 0 bridgehead atoms. The predicted molar refractivity (Wildman–Crippen MR) is 110 cm³/mol. The van der Waals surface area contributed by atoms with Crippen molar-refractivity contribution in [2.24, 2.45) is 0 Å². The third-order valence-corrected chi connectivity index (χ3v) is 3.58. The van der Waals surface area contributed by atoms with Crippen LogP contribution in [0.25, 0.3) is 0 Å². The molecule has 36 heavy (non-hydrogen) atoms. The molecule has 2 amide bonds. The zero-order valence-electron chi connectivity index (χ0n) is 19.2. The number of amides is 2. The summed E-state index contributed by atoms with van der Waals surface area (Å²) in [7, 11) is 0. The number of nitrogens with one attached hydrogen (secondary N) is 4. The Morgan fingerprint density at radius 2 is 1.28 bits per heavy atom. The van der Waals surface area contributed by atoms with E-state index in [1.54, 1.807) is 0 Å². The predicted octanol–water partition coefficient (Wildman–Crippen LogP) is -1.75. The maximum atomic E-state index is 11.7. The van der Waals surface area contributed by atoms with Gasteiger partial charge in [-0.2, -0.15) is 0 Å². The number of carbonyl (C=O) groups excluding carboxylic acids is 2. The molecule has 0 radical (unpaired) electrons. The second kappa shape index (κ2) is 21.4. The fourth-order valence-corrected chi connectivity index (χ4v) is 2.09. The van der Waals surface area contributed by atoms with Gasteiger partial charge in [0.1, 0.15) is 19.3 Å². The molecule has 0 saturated heterocycles. The third kappa shape index (κ3) is 21.6. The Hall–Kier alpha value is -2.92. The van der Waals surface area contributed by atoms with Crippen molar-refractivity contribution in [3.05, 3.63) is 0 Å². The van der Waals surface area contributed by atoms with Gasteiger partial charge < -0.3 is 34.7 Å². The normalized spacial score (nSPS) is 11.7. The quantitative estimate of drug-likeness (QED) is 0.0364. The molecule has 9 N–H and O–H groups in total. The maximum Gasteiger partial charge on any atom is 0.414 e. The second-order valence-electron chi connectivity index (χ2n) is 6.27. The number of ether oxygens (including phenoxy) is 4. The van der Waals surface area contributed by atoms with Crippen LogP contribution in [-0.2, 0) is 33.4 Å². The Balaban J connectivity index is 3.88. The minimum atomic E-state index is -1.30. The highest BCUT2D eigenvalue weighted by Gasteiger charge is 2.20. The summed E-state index contributed by atoms with van der Waals surface area (Å²) >= 11 is 0. The van der Waals surface area contributed by atoms with Gasteiger partial charge in [0, 0.05) is 6.54 Å². The summed E-state index contributed by atoms with van der Waals surface area (Å²) in [5, 5.41) is 55.8. The molecule has 0 aromatic carbocycles.